The SMILES string of the molecule is CCCCC(=O)OCC(=O)[C@@]1(O)[C@@H](C)C[C@H]2[C@@H]3CCC4=CC(=O)C=C[C@]4(C)[C@@]34O[C@H]4C[C@@]21C. The minimum Gasteiger partial charge on any atom is -0.458 e. The van der Waals surface area contributed by atoms with Gasteiger partial charge in [0.25, 0.3) is 0 Å². The largest absolute Gasteiger partial charge is 0.458 e. The number of epoxide rings is 1. The maximum absolute atomic E-state index is 13.4. The minimum atomic E-state index is -1.55. The van der Waals surface area contributed by atoms with Crippen LogP contribution in [0.25, 0.3) is 0 Å². The summed E-state index contributed by atoms with van der Waals surface area (Å²) in [6, 6.07) is 0. The van der Waals surface area contributed by atoms with Gasteiger partial charge in [-0.15, -0.1) is 0 Å². The van der Waals surface area contributed by atoms with Crippen molar-refractivity contribution in [1.82, 2.24) is 0 Å². The molecule has 5 rings (SSSR count). The van der Waals surface area contributed by atoms with Crippen molar-refractivity contribution in [1.29, 1.82) is 0 Å². The van der Waals surface area contributed by atoms with Crippen LogP contribution in [0.3, 0.4) is 0 Å². The van der Waals surface area contributed by atoms with Crippen molar-refractivity contribution in [2.45, 2.75) is 89.9 Å². The van der Waals surface area contributed by atoms with Gasteiger partial charge in [-0.2, -0.15) is 0 Å². The van der Waals surface area contributed by atoms with E-state index in [1.165, 1.54) is 0 Å². The van der Waals surface area contributed by atoms with Gasteiger partial charge in [-0.3, -0.25) is 14.4 Å². The van der Waals surface area contributed by atoms with Crippen LogP contribution in [0.15, 0.2) is 23.8 Å². The molecule has 33 heavy (non-hydrogen) atoms. The number of aliphatic hydroxyl groups is 1. The standard InChI is InChI=1S/C27H36O6/c1-5-6-7-23(30)32-15-21(29)26(31)16(2)12-20-19-9-8-17-13-18(28)10-11-24(17,3)27(19)22(33-27)14-25(20,26)4/h10-11,13,16,19-20,22,31H,5-9,12,14-15H2,1-4H3/t16-,19-,20-,22-,24-,25-,26-,27+/m0/s1. The molecule has 8 atom stereocenters. The van der Waals surface area contributed by atoms with Crippen molar-refractivity contribution in [3.05, 3.63) is 23.8 Å². The zero-order chi connectivity index (χ0) is 23.8. The Morgan fingerprint density at radius 2 is 2.03 bits per heavy atom. The highest BCUT2D eigenvalue weighted by atomic mass is 16.6. The smallest absolute Gasteiger partial charge is 0.306 e. The number of carbonyl (C=O) groups excluding carboxylic acids is 3. The first kappa shape index (κ1) is 23.0. The van der Waals surface area contributed by atoms with E-state index in [2.05, 4.69) is 6.92 Å². The van der Waals surface area contributed by atoms with Gasteiger partial charge in [0.1, 0.15) is 11.2 Å². The molecule has 0 unspecified atom stereocenters. The van der Waals surface area contributed by atoms with Gasteiger partial charge in [0, 0.05) is 17.3 Å². The van der Waals surface area contributed by atoms with Gasteiger partial charge >= 0.3 is 5.97 Å². The van der Waals surface area contributed by atoms with Gasteiger partial charge in [0.15, 0.2) is 12.4 Å². The first-order chi connectivity index (χ1) is 15.5. The average molecular weight is 457 g/mol. The molecular formula is C27H36O6. The molecule has 180 valence electrons. The second kappa shape index (κ2) is 7.35. The minimum absolute atomic E-state index is 0.0399. The van der Waals surface area contributed by atoms with E-state index >= 15 is 0 Å². The quantitative estimate of drug-likeness (QED) is 0.484. The van der Waals surface area contributed by atoms with E-state index in [1.807, 2.05) is 26.8 Å². The predicted molar refractivity (Wildman–Crippen MR) is 121 cm³/mol. The summed E-state index contributed by atoms with van der Waals surface area (Å²) in [5.74, 6) is -0.621. The third-order valence-corrected chi connectivity index (χ3v) is 10.0. The second-order valence-electron chi connectivity index (χ2n) is 11.5. The van der Waals surface area contributed by atoms with E-state index in [1.54, 1.807) is 12.2 Å². The van der Waals surface area contributed by atoms with Crippen molar-refractivity contribution < 1.29 is 29.0 Å². The Labute approximate surface area is 195 Å². The lowest BCUT2D eigenvalue weighted by atomic mass is 9.46. The lowest BCUT2D eigenvalue weighted by molar-refractivity contribution is -0.171. The summed E-state index contributed by atoms with van der Waals surface area (Å²) in [5.41, 5.74) is -1.72. The summed E-state index contributed by atoms with van der Waals surface area (Å²) in [4.78, 5) is 37.4. The molecule has 1 N–H and O–H groups in total. The Balaban J connectivity index is 1.42. The van der Waals surface area contributed by atoms with E-state index < -0.39 is 11.0 Å². The number of ketones is 2. The summed E-state index contributed by atoms with van der Waals surface area (Å²) in [5, 5.41) is 12.0. The van der Waals surface area contributed by atoms with Crippen LogP contribution in [0.2, 0.25) is 0 Å². The van der Waals surface area contributed by atoms with Crippen molar-refractivity contribution >= 4 is 17.5 Å². The average Bonchev–Trinajstić information content (AvgIpc) is 3.46. The van der Waals surface area contributed by atoms with Crippen molar-refractivity contribution in [2.75, 3.05) is 6.61 Å². The molecule has 4 fully saturated rings. The Morgan fingerprint density at radius 1 is 1.27 bits per heavy atom. The van der Waals surface area contributed by atoms with Crippen molar-refractivity contribution in [3.8, 4) is 0 Å². The molecule has 0 radical (unpaired) electrons. The number of fused-ring (bicyclic) bond motifs is 3. The summed E-state index contributed by atoms with van der Waals surface area (Å²) in [7, 11) is 0. The first-order valence-electron chi connectivity index (χ1n) is 12.6. The number of hydrogen-bond donors (Lipinski definition) is 1. The Bertz CT molecular complexity index is 966. The number of carbonyl (C=O) groups is 3. The van der Waals surface area contributed by atoms with Crippen molar-refractivity contribution in [2.24, 2.45) is 28.6 Å². The zero-order valence-corrected chi connectivity index (χ0v) is 20.2. The van der Waals surface area contributed by atoms with Gasteiger partial charge in [-0.25, -0.2) is 0 Å². The van der Waals surface area contributed by atoms with Crippen LogP contribution in [0.5, 0.6) is 0 Å². The normalized spacial score (nSPS) is 47.1. The fraction of sp³-hybridized carbons (Fsp3) is 0.741. The third kappa shape index (κ3) is 2.83. The zero-order valence-electron chi connectivity index (χ0n) is 20.2. The number of allylic oxidation sites excluding steroid dienone is 2. The molecule has 1 saturated heterocycles. The van der Waals surface area contributed by atoms with Crippen LogP contribution < -0.4 is 0 Å². The molecule has 1 aliphatic heterocycles. The molecule has 4 aliphatic carbocycles. The van der Waals surface area contributed by atoms with Gasteiger partial charge in [-0.05, 0) is 68.9 Å². The summed E-state index contributed by atoms with van der Waals surface area (Å²) >= 11 is 0. The number of hydrogen-bond acceptors (Lipinski definition) is 6. The highest BCUT2D eigenvalue weighted by Crippen LogP contribution is 2.76. The van der Waals surface area contributed by atoms with Gasteiger partial charge in [0.05, 0.1) is 6.10 Å². The molecule has 3 saturated carbocycles. The van der Waals surface area contributed by atoms with E-state index in [9.17, 15) is 19.5 Å². The summed E-state index contributed by atoms with van der Waals surface area (Å²) < 4.78 is 11.8. The molecule has 0 aromatic rings. The molecule has 0 bridgehead atoms. The van der Waals surface area contributed by atoms with Crippen LogP contribution in [0.1, 0.15) is 72.6 Å². The number of unbranched alkanes of at least 4 members (excludes halogenated alkanes) is 1. The molecule has 0 amide bonds. The Kier molecular flexibility index (Phi) is 5.12. The van der Waals surface area contributed by atoms with E-state index in [0.29, 0.717) is 12.8 Å². The monoisotopic (exact) mass is 456 g/mol. The first-order valence-corrected chi connectivity index (χ1v) is 12.6. The molecular weight excluding hydrogens is 420 g/mol. The van der Waals surface area contributed by atoms with Crippen LogP contribution in [-0.2, 0) is 23.9 Å². The van der Waals surface area contributed by atoms with E-state index in [4.69, 9.17) is 9.47 Å². The number of rotatable bonds is 6. The molecule has 0 aromatic heterocycles. The number of esters is 1. The van der Waals surface area contributed by atoms with Gasteiger partial charge in [-0.1, -0.05) is 38.8 Å². The fourth-order valence-electron chi connectivity index (χ4n) is 8.23. The maximum atomic E-state index is 13.4. The lowest BCUT2D eigenvalue weighted by Crippen LogP contribution is -2.62. The van der Waals surface area contributed by atoms with Crippen molar-refractivity contribution in [3.63, 3.8) is 0 Å². The predicted octanol–water partition coefficient (Wildman–Crippen LogP) is 3.71. The van der Waals surface area contributed by atoms with E-state index in [-0.39, 0.29) is 59.0 Å². The van der Waals surface area contributed by atoms with Crippen LogP contribution in [0.4, 0.5) is 0 Å². The highest BCUT2D eigenvalue weighted by molar-refractivity contribution is 6.01. The summed E-state index contributed by atoms with van der Waals surface area (Å²) in [6.07, 6.45) is 10.4. The lowest BCUT2D eigenvalue weighted by Gasteiger charge is -2.55. The molecule has 5 aliphatic rings. The molecule has 1 spiro atoms. The number of ether oxygens (including phenoxy) is 2. The molecule has 6 nitrogen and oxygen atoms in total. The Morgan fingerprint density at radius 3 is 2.76 bits per heavy atom. The molecule has 6 heteroatoms. The highest BCUT2D eigenvalue weighted by Gasteiger charge is 2.82. The molecule has 0 aromatic carbocycles. The maximum Gasteiger partial charge on any atom is 0.306 e. The summed E-state index contributed by atoms with van der Waals surface area (Å²) in [6.45, 7) is 7.80. The van der Waals surface area contributed by atoms with Gasteiger partial charge < -0.3 is 14.6 Å². The third-order valence-electron chi connectivity index (χ3n) is 10.0. The van der Waals surface area contributed by atoms with E-state index in [0.717, 1.165) is 37.7 Å². The van der Waals surface area contributed by atoms with Crippen LogP contribution in [0, 0.1) is 28.6 Å². The van der Waals surface area contributed by atoms with Crippen LogP contribution >= 0.6 is 0 Å². The van der Waals surface area contributed by atoms with Crippen LogP contribution in [-0.4, -0.2) is 46.6 Å². The second-order valence-corrected chi connectivity index (χ2v) is 11.5. The van der Waals surface area contributed by atoms with Gasteiger partial charge in [0.2, 0.25) is 5.78 Å². The topological polar surface area (TPSA) is 93.2 Å². The fourth-order valence-corrected chi connectivity index (χ4v) is 8.23. The molecule has 1 heterocycles. The Hall–Kier alpha value is -1.79. The number of Topliss-reactive ketones (excluding diaryl/α,β-unsaturated/α-hetero) is 1.